The smallest absolute Gasteiger partial charge is 0.171 e. The van der Waals surface area contributed by atoms with Crippen molar-refractivity contribution in [3.05, 3.63) is 42.5 Å². The molecule has 0 fully saturated rings. The van der Waals surface area contributed by atoms with Crippen molar-refractivity contribution in [3.63, 3.8) is 0 Å². The fourth-order valence-electron chi connectivity index (χ4n) is 1.54. The Morgan fingerprint density at radius 2 is 2.11 bits per heavy atom. The van der Waals surface area contributed by atoms with Gasteiger partial charge in [0, 0.05) is 12.2 Å². The molecule has 0 saturated heterocycles. The predicted octanol–water partition coefficient (Wildman–Crippen LogP) is 1.78. The quantitative estimate of drug-likeness (QED) is 0.822. The summed E-state index contributed by atoms with van der Waals surface area (Å²) in [5.41, 5.74) is 0.965. The molecule has 0 unspecified atom stereocenters. The number of hydrogen-bond acceptors (Lipinski definition) is 3. The number of nitrogens with one attached hydrogen (secondary N) is 2. The molecule has 1 aromatic carbocycles. The van der Waals surface area contributed by atoms with Crippen LogP contribution in [-0.4, -0.2) is 19.9 Å². The second-order valence-electron chi connectivity index (χ2n) is 3.71. The minimum Gasteiger partial charge on any atom is -0.355 e. The molecule has 1 heterocycles. The van der Waals surface area contributed by atoms with E-state index in [4.69, 9.17) is 12.2 Å². The second kappa shape index (κ2) is 6.11. The maximum Gasteiger partial charge on any atom is 0.171 e. The summed E-state index contributed by atoms with van der Waals surface area (Å²) in [4.78, 5) is 0. The van der Waals surface area contributed by atoms with E-state index in [2.05, 4.69) is 20.8 Å². The lowest BCUT2D eigenvalue weighted by Crippen LogP contribution is -2.29. The lowest BCUT2D eigenvalue weighted by atomic mass is 10.3. The Bertz CT molecular complexity index is 508. The van der Waals surface area contributed by atoms with Gasteiger partial charge in [-0.3, -0.25) is 0 Å². The fraction of sp³-hybridized carbons (Fsp3) is 0.250. The molecule has 2 rings (SSSR count). The minimum atomic E-state index is 0.562. The molecule has 5 nitrogen and oxygen atoms in total. The first-order valence-corrected chi connectivity index (χ1v) is 6.17. The average molecular weight is 261 g/mol. The van der Waals surface area contributed by atoms with Crippen molar-refractivity contribution in [2.45, 2.75) is 20.0 Å². The summed E-state index contributed by atoms with van der Waals surface area (Å²) in [6, 6.07) is 9.80. The molecule has 94 valence electrons. The summed E-state index contributed by atoms with van der Waals surface area (Å²) < 4.78 is 1.97. The van der Waals surface area contributed by atoms with Gasteiger partial charge in [-0.25, -0.2) is 0 Å². The number of nitrogens with zero attached hydrogens (tertiary/aromatic N) is 3. The molecule has 1 aromatic heterocycles. The van der Waals surface area contributed by atoms with Crippen LogP contribution >= 0.6 is 12.2 Å². The highest BCUT2D eigenvalue weighted by Crippen LogP contribution is 2.04. The highest BCUT2D eigenvalue weighted by atomic mass is 32.1. The van der Waals surface area contributed by atoms with Crippen LogP contribution in [0.5, 0.6) is 0 Å². The third-order valence-corrected chi connectivity index (χ3v) is 2.72. The summed E-state index contributed by atoms with van der Waals surface area (Å²) in [6.07, 6.45) is 1.71. The molecular formula is C12H15N5S. The van der Waals surface area contributed by atoms with Gasteiger partial charge >= 0.3 is 0 Å². The van der Waals surface area contributed by atoms with Gasteiger partial charge in [-0.05, 0) is 31.3 Å². The van der Waals surface area contributed by atoms with Crippen LogP contribution in [0, 0.1) is 0 Å². The van der Waals surface area contributed by atoms with Gasteiger partial charge in [-0.15, -0.1) is 10.2 Å². The number of anilines is 1. The molecule has 6 heteroatoms. The minimum absolute atomic E-state index is 0.562. The molecule has 0 spiro atoms. The van der Waals surface area contributed by atoms with Crippen molar-refractivity contribution in [1.82, 2.24) is 20.1 Å². The van der Waals surface area contributed by atoms with E-state index in [1.54, 1.807) is 6.33 Å². The Hall–Kier alpha value is -1.95. The zero-order valence-corrected chi connectivity index (χ0v) is 10.9. The molecule has 0 radical (unpaired) electrons. The Morgan fingerprint density at radius 3 is 2.83 bits per heavy atom. The van der Waals surface area contributed by atoms with Gasteiger partial charge in [0.15, 0.2) is 10.9 Å². The molecule has 0 atom stereocenters. The van der Waals surface area contributed by atoms with Gasteiger partial charge in [-0.1, -0.05) is 18.2 Å². The van der Waals surface area contributed by atoms with Crippen molar-refractivity contribution in [1.29, 1.82) is 0 Å². The van der Waals surface area contributed by atoms with Crippen LogP contribution < -0.4 is 10.6 Å². The number of para-hydroxylation sites is 1. The van der Waals surface area contributed by atoms with Crippen LogP contribution in [0.1, 0.15) is 12.7 Å². The van der Waals surface area contributed by atoms with Crippen molar-refractivity contribution in [2.24, 2.45) is 0 Å². The Balaban J connectivity index is 1.85. The Morgan fingerprint density at radius 1 is 1.33 bits per heavy atom. The molecular weight excluding hydrogens is 246 g/mol. The van der Waals surface area contributed by atoms with E-state index in [-0.39, 0.29) is 0 Å². The molecule has 18 heavy (non-hydrogen) atoms. The number of rotatable bonds is 4. The molecule has 2 N–H and O–H groups in total. The maximum atomic E-state index is 5.21. The summed E-state index contributed by atoms with van der Waals surface area (Å²) in [7, 11) is 0. The van der Waals surface area contributed by atoms with E-state index < -0.39 is 0 Å². The van der Waals surface area contributed by atoms with Gasteiger partial charge in [0.2, 0.25) is 0 Å². The van der Waals surface area contributed by atoms with Gasteiger partial charge < -0.3 is 15.2 Å². The normalized spacial score (nSPS) is 10.1. The number of aryl methyl sites for hydroxylation is 1. The molecule has 0 bridgehead atoms. The van der Waals surface area contributed by atoms with Crippen LogP contribution in [0.25, 0.3) is 0 Å². The van der Waals surface area contributed by atoms with E-state index in [1.807, 2.05) is 41.8 Å². The van der Waals surface area contributed by atoms with Gasteiger partial charge in [0.25, 0.3) is 0 Å². The van der Waals surface area contributed by atoms with Crippen molar-refractivity contribution in [2.75, 3.05) is 5.32 Å². The maximum absolute atomic E-state index is 5.21. The first-order valence-electron chi connectivity index (χ1n) is 5.76. The zero-order chi connectivity index (χ0) is 12.8. The lowest BCUT2D eigenvalue weighted by Gasteiger charge is -2.10. The van der Waals surface area contributed by atoms with Crippen molar-refractivity contribution >= 4 is 23.0 Å². The van der Waals surface area contributed by atoms with Crippen molar-refractivity contribution < 1.29 is 0 Å². The molecule has 0 aliphatic heterocycles. The Kier molecular flexibility index (Phi) is 4.25. The van der Waals surface area contributed by atoms with E-state index in [9.17, 15) is 0 Å². The van der Waals surface area contributed by atoms with Crippen molar-refractivity contribution in [3.8, 4) is 0 Å². The van der Waals surface area contributed by atoms with E-state index in [0.29, 0.717) is 11.7 Å². The summed E-state index contributed by atoms with van der Waals surface area (Å²) >= 11 is 5.21. The summed E-state index contributed by atoms with van der Waals surface area (Å²) in [5, 5.41) is 14.7. The first kappa shape index (κ1) is 12.5. The molecule has 0 aliphatic rings. The predicted molar refractivity (Wildman–Crippen MR) is 75.2 cm³/mol. The van der Waals surface area contributed by atoms with E-state index in [0.717, 1.165) is 18.1 Å². The molecule has 0 amide bonds. The second-order valence-corrected chi connectivity index (χ2v) is 4.12. The van der Waals surface area contributed by atoms with Crippen LogP contribution in [0.3, 0.4) is 0 Å². The number of aromatic nitrogens is 3. The summed E-state index contributed by atoms with van der Waals surface area (Å²) in [5.74, 6) is 0.870. The summed E-state index contributed by atoms with van der Waals surface area (Å²) in [6.45, 7) is 3.46. The highest BCUT2D eigenvalue weighted by Gasteiger charge is 2.03. The van der Waals surface area contributed by atoms with Crippen LogP contribution in [-0.2, 0) is 13.1 Å². The van der Waals surface area contributed by atoms with Crippen LogP contribution in [0.2, 0.25) is 0 Å². The SMILES string of the molecule is CCn1cnnc1CNC(=S)Nc1ccccc1. The zero-order valence-electron chi connectivity index (χ0n) is 10.1. The third-order valence-electron chi connectivity index (χ3n) is 2.48. The van der Waals surface area contributed by atoms with Gasteiger partial charge in [-0.2, -0.15) is 0 Å². The number of hydrogen-bond donors (Lipinski definition) is 2. The Labute approximate surface area is 111 Å². The largest absolute Gasteiger partial charge is 0.355 e. The van der Waals surface area contributed by atoms with E-state index in [1.165, 1.54) is 0 Å². The lowest BCUT2D eigenvalue weighted by molar-refractivity contribution is 0.680. The van der Waals surface area contributed by atoms with E-state index >= 15 is 0 Å². The van der Waals surface area contributed by atoms with Crippen LogP contribution in [0.4, 0.5) is 5.69 Å². The molecule has 0 saturated carbocycles. The monoisotopic (exact) mass is 261 g/mol. The number of benzene rings is 1. The number of thiocarbonyl (C=S) groups is 1. The third kappa shape index (κ3) is 3.27. The van der Waals surface area contributed by atoms with Gasteiger partial charge in [0.1, 0.15) is 6.33 Å². The fourth-order valence-corrected chi connectivity index (χ4v) is 1.73. The topological polar surface area (TPSA) is 54.8 Å². The average Bonchev–Trinajstić information content (AvgIpc) is 2.85. The van der Waals surface area contributed by atoms with Crippen LogP contribution in [0.15, 0.2) is 36.7 Å². The highest BCUT2D eigenvalue weighted by molar-refractivity contribution is 7.80. The standard InChI is InChI=1S/C12H15N5S/c1-2-17-9-14-16-11(17)8-13-12(18)15-10-6-4-3-5-7-10/h3-7,9H,2,8H2,1H3,(H2,13,15,18). The molecule has 0 aliphatic carbocycles. The molecule has 2 aromatic rings. The van der Waals surface area contributed by atoms with Gasteiger partial charge in [0.05, 0.1) is 6.54 Å². The first-order chi connectivity index (χ1) is 8.79.